The van der Waals surface area contributed by atoms with Gasteiger partial charge in [0.25, 0.3) is 0 Å². The highest BCUT2D eigenvalue weighted by atomic mass is 15.1. The van der Waals surface area contributed by atoms with Gasteiger partial charge in [0, 0.05) is 84.0 Å². The molecule has 1 fully saturated rings. The second-order valence-electron chi connectivity index (χ2n) is 14.6. The third kappa shape index (κ3) is 16.4. The second kappa shape index (κ2) is 26.3. The number of nitrogens with zero attached hydrogens (tertiary/aromatic N) is 5. The van der Waals surface area contributed by atoms with E-state index in [2.05, 4.69) is 152 Å². The normalized spacial score (nSPS) is 12.8. The first kappa shape index (κ1) is 46.6. The smallest absolute Gasteiger partial charge is 0.0717 e. The largest absolute Gasteiger partial charge is 0.372 e. The minimum absolute atomic E-state index is 0.158. The number of pyridine rings is 1. The highest BCUT2D eigenvalue weighted by Crippen LogP contribution is 2.41. The number of nitrogens with one attached hydrogen (secondary N) is 1. The molecule has 0 radical (unpaired) electrons. The Morgan fingerprint density at radius 3 is 2.05 bits per heavy atom. The van der Waals surface area contributed by atoms with E-state index in [1.54, 1.807) is 18.5 Å². The van der Waals surface area contributed by atoms with Crippen molar-refractivity contribution in [2.24, 2.45) is 20.4 Å². The van der Waals surface area contributed by atoms with Crippen LogP contribution in [0.3, 0.4) is 0 Å². The molecule has 4 rings (SSSR count). The van der Waals surface area contributed by atoms with Crippen LogP contribution in [0.15, 0.2) is 119 Å². The topological polar surface area (TPSA) is 65.2 Å². The molecule has 0 bridgehead atoms. The van der Waals surface area contributed by atoms with Gasteiger partial charge in [-0.3, -0.25) is 20.0 Å². The van der Waals surface area contributed by atoms with Crippen molar-refractivity contribution in [1.29, 1.82) is 0 Å². The van der Waals surface area contributed by atoms with E-state index >= 15 is 0 Å². The first-order valence-corrected chi connectivity index (χ1v) is 20.7. The summed E-state index contributed by atoms with van der Waals surface area (Å²) in [4.78, 5) is 19.6. The maximum atomic E-state index is 4.63. The van der Waals surface area contributed by atoms with Gasteiger partial charge in [-0.2, -0.15) is 0 Å². The quantitative estimate of drug-likeness (QED) is 0.0872. The number of hydrogen-bond donors (Lipinski definition) is 1. The molecule has 6 heteroatoms. The van der Waals surface area contributed by atoms with Crippen molar-refractivity contribution in [2.75, 3.05) is 30.4 Å². The number of anilines is 2. The summed E-state index contributed by atoms with van der Waals surface area (Å²) in [5.41, 5.74) is 10.6. The number of aromatic nitrogens is 1. The summed E-state index contributed by atoms with van der Waals surface area (Å²) < 4.78 is 0. The number of benzene rings is 2. The summed E-state index contributed by atoms with van der Waals surface area (Å²) in [5.74, 6) is 0.638. The Morgan fingerprint density at radius 2 is 1.53 bits per heavy atom. The molecule has 2 aromatic carbocycles. The van der Waals surface area contributed by atoms with Crippen LogP contribution in [0, 0.1) is 5.41 Å². The minimum Gasteiger partial charge on any atom is -0.372 e. The Morgan fingerprint density at radius 1 is 0.891 bits per heavy atom. The van der Waals surface area contributed by atoms with Gasteiger partial charge >= 0.3 is 0 Å². The van der Waals surface area contributed by atoms with E-state index in [0.29, 0.717) is 12.5 Å². The Hall–Kier alpha value is -4.58. The first-order valence-electron chi connectivity index (χ1n) is 20.7. The lowest BCUT2D eigenvalue weighted by Crippen LogP contribution is -2.26. The molecule has 6 nitrogen and oxygen atoms in total. The van der Waals surface area contributed by atoms with E-state index in [1.807, 2.05) is 20.2 Å². The standard InChI is InChI=1S/C27H37N3.C17H25N3.C5H10/c1-6-15-27(8-3,16-7-2)20(4)30-24-11-9-10-22(18-24)26(28-5)23-14-17-29-25(19-23)21-12-13-21;1-4-13-20(14-5-2)17-9-7-16(8-10-17)15-19-12-6-11-18-3;1-4-5(2)3/h9-11,14,17-19,21,30H,4,6-8,12-13,15-16H2,1-3,5H3;6-12H,3-5,13-15H2,1-2H3;2,4H2,1,3H3/b;11-6-,19-12?;. The minimum atomic E-state index is 0.158. The van der Waals surface area contributed by atoms with Crippen LogP contribution in [-0.4, -0.2) is 43.8 Å². The molecule has 0 aliphatic heterocycles. The second-order valence-corrected chi connectivity index (χ2v) is 14.6. The van der Waals surface area contributed by atoms with Gasteiger partial charge in [-0.1, -0.05) is 90.8 Å². The SMILES string of the molecule is C=C(C)CC.C=C(Nc1cccc(C(=NC)c2ccnc(C3CC3)c2)c1)C(CC)(CCC)CCC.C=N/C=C\C=NCc1ccc(N(CCC)CCC)cc1. The van der Waals surface area contributed by atoms with Crippen molar-refractivity contribution in [3.05, 3.63) is 126 Å². The molecule has 298 valence electrons. The molecule has 0 saturated heterocycles. The molecule has 1 heterocycles. The molecule has 0 atom stereocenters. The third-order valence-electron chi connectivity index (χ3n) is 10.0. The Labute approximate surface area is 335 Å². The molecule has 3 aromatic rings. The number of rotatable bonds is 21. The van der Waals surface area contributed by atoms with Gasteiger partial charge in [-0.25, -0.2) is 0 Å². The molecule has 1 aromatic heterocycles. The fourth-order valence-electron chi connectivity index (χ4n) is 6.67. The summed E-state index contributed by atoms with van der Waals surface area (Å²) in [6.07, 6.45) is 18.9. The van der Waals surface area contributed by atoms with Crippen LogP contribution in [0.5, 0.6) is 0 Å². The summed E-state index contributed by atoms with van der Waals surface area (Å²) >= 11 is 0. The maximum Gasteiger partial charge on any atom is 0.0717 e. The zero-order valence-corrected chi connectivity index (χ0v) is 35.7. The van der Waals surface area contributed by atoms with E-state index in [9.17, 15) is 0 Å². The van der Waals surface area contributed by atoms with Crippen molar-refractivity contribution >= 4 is 30.0 Å². The molecular formula is C49H72N6. The number of aliphatic imine (C=N–C) groups is 3. The molecule has 0 amide bonds. The highest BCUT2D eigenvalue weighted by molar-refractivity contribution is 6.13. The molecule has 55 heavy (non-hydrogen) atoms. The van der Waals surface area contributed by atoms with Crippen LogP contribution in [0.2, 0.25) is 0 Å². The van der Waals surface area contributed by atoms with E-state index in [1.165, 1.54) is 73.9 Å². The average molecular weight is 745 g/mol. The molecule has 0 unspecified atom stereocenters. The van der Waals surface area contributed by atoms with E-state index in [-0.39, 0.29) is 5.41 Å². The van der Waals surface area contributed by atoms with Crippen LogP contribution in [0.25, 0.3) is 0 Å². The van der Waals surface area contributed by atoms with Gasteiger partial charge in [0.2, 0.25) is 0 Å². The Balaban J connectivity index is 0.000000361. The molecule has 1 aliphatic rings. The Bertz CT molecular complexity index is 1650. The lowest BCUT2D eigenvalue weighted by atomic mass is 9.74. The number of hydrogen-bond acceptors (Lipinski definition) is 6. The molecule has 1 aliphatic carbocycles. The molecular weight excluding hydrogens is 673 g/mol. The van der Waals surface area contributed by atoms with E-state index in [4.69, 9.17) is 0 Å². The average Bonchev–Trinajstić information content (AvgIpc) is 4.05. The van der Waals surface area contributed by atoms with Crippen LogP contribution in [0.1, 0.15) is 141 Å². The van der Waals surface area contributed by atoms with Crippen LogP contribution < -0.4 is 10.2 Å². The molecule has 0 spiro atoms. The lowest BCUT2D eigenvalue weighted by Gasteiger charge is -2.35. The van der Waals surface area contributed by atoms with Gasteiger partial charge in [0.15, 0.2) is 0 Å². The predicted molar refractivity (Wildman–Crippen MR) is 245 cm³/mol. The summed E-state index contributed by atoms with van der Waals surface area (Å²) in [6, 6.07) is 21.5. The lowest BCUT2D eigenvalue weighted by molar-refractivity contribution is 0.285. The van der Waals surface area contributed by atoms with Crippen molar-refractivity contribution in [2.45, 2.75) is 125 Å². The summed E-state index contributed by atoms with van der Waals surface area (Å²) in [5, 5.41) is 3.65. The van der Waals surface area contributed by atoms with E-state index in [0.717, 1.165) is 54.2 Å². The molecule has 1 N–H and O–H groups in total. The Kier molecular flexibility index (Phi) is 22.2. The fourth-order valence-corrected chi connectivity index (χ4v) is 6.67. The fraction of sp³-hybridized carbons (Fsp3) is 0.469. The monoisotopic (exact) mass is 745 g/mol. The van der Waals surface area contributed by atoms with Crippen molar-refractivity contribution < 1.29 is 0 Å². The van der Waals surface area contributed by atoms with Gasteiger partial charge in [-0.15, -0.1) is 6.58 Å². The van der Waals surface area contributed by atoms with E-state index < -0.39 is 0 Å². The zero-order chi connectivity index (χ0) is 40.5. The highest BCUT2D eigenvalue weighted by Gasteiger charge is 2.30. The summed E-state index contributed by atoms with van der Waals surface area (Å²) in [6.45, 7) is 29.8. The van der Waals surface area contributed by atoms with Crippen molar-refractivity contribution in [3.8, 4) is 0 Å². The summed E-state index contributed by atoms with van der Waals surface area (Å²) in [7, 11) is 1.87. The van der Waals surface area contributed by atoms with Gasteiger partial charge in [-0.05, 0) is 113 Å². The van der Waals surface area contributed by atoms with Gasteiger partial charge < -0.3 is 10.2 Å². The number of allylic oxidation sites excluding steroid dienone is 3. The van der Waals surface area contributed by atoms with Crippen molar-refractivity contribution in [1.82, 2.24) is 4.98 Å². The van der Waals surface area contributed by atoms with Gasteiger partial charge in [0.05, 0.1) is 12.3 Å². The van der Waals surface area contributed by atoms with Crippen molar-refractivity contribution in [3.63, 3.8) is 0 Å². The zero-order valence-electron chi connectivity index (χ0n) is 35.7. The third-order valence-corrected chi connectivity index (χ3v) is 10.0. The molecule has 1 saturated carbocycles. The first-order chi connectivity index (χ1) is 26.6. The maximum absolute atomic E-state index is 4.63. The predicted octanol–water partition coefficient (Wildman–Crippen LogP) is 13.4. The van der Waals surface area contributed by atoms with Crippen LogP contribution in [-0.2, 0) is 6.54 Å². The van der Waals surface area contributed by atoms with Gasteiger partial charge in [0.1, 0.15) is 0 Å². The van der Waals surface area contributed by atoms with Crippen LogP contribution >= 0.6 is 0 Å². The van der Waals surface area contributed by atoms with Crippen LogP contribution in [0.4, 0.5) is 11.4 Å².